The molecule has 5 nitrogen and oxygen atoms in total. The molecule has 5 heteroatoms. The molecule has 0 saturated heterocycles. The van der Waals surface area contributed by atoms with Crippen LogP contribution in [-0.4, -0.2) is 21.7 Å². The molecule has 2 rings (SSSR count). The lowest BCUT2D eigenvalue weighted by Gasteiger charge is -2.21. The lowest BCUT2D eigenvalue weighted by atomic mass is 10.0. The average Bonchev–Trinajstić information content (AvgIpc) is 3.00. The molecule has 0 saturated carbocycles. The van der Waals surface area contributed by atoms with Gasteiger partial charge in [0, 0.05) is 24.4 Å². The van der Waals surface area contributed by atoms with Crippen LogP contribution >= 0.6 is 0 Å². The van der Waals surface area contributed by atoms with E-state index in [1.165, 1.54) is 0 Å². The van der Waals surface area contributed by atoms with Crippen molar-refractivity contribution in [1.82, 2.24) is 15.1 Å². The van der Waals surface area contributed by atoms with Crippen molar-refractivity contribution in [1.29, 1.82) is 0 Å². The predicted octanol–water partition coefficient (Wildman–Crippen LogP) is 2.03. The average molecular weight is 286 g/mol. The van der Waals surface area contributed by atoms with E-state index in [1.54, 1.807) is 10.9 Å². The second-order valence-electron chi connectivity index (χ2n) is 5.39. The standard InChI is InChI=1S/C16H22N4O/c1-11(12(2)17)16(21)19-13(3)14-7-4-5-8-15(14)20-10-6-9-18-20/h4-13H,17H2,1-3H3,(H,19,21). The van der Waals surface area contributed by atoms with Crippen LogP contribution < -0.4 is 11.1 Å². The van der Waals surface area contributed by atoms with Crippen molar-refractivity contribution < 1.29 is 4.79 Å². The maximum atomic E-state index is 12.2. The molecule has 0 bridgehead atoms. The second kappa shape index (κ2) is 6.54. The number of benzene rings is 1. The summed E-state index contributed by atoms with van der Waals surface area (Å²) < 4.78 is 1.80. The zero-order valence-electron chi connectivity index (χ0n) is 12.7. The number of hydrogen-bond acceptors (Lipinski definition) is 3. The molecule has 0 radical (unpaired) electrons. The Balaban J connectivity index is 2.20. The molecule has 1 amide bonds. The second-order valence-corrected chi connectivity index (χ2v) is 5.39. The SMILES string of the molecule is CC(NC(=O)C(C)C(C)N)c1ccccc1-n1cccn1. The van der Waals surface area contributed by atoms with Gasteiger partial charge < -0.3 is 11.1 Å². The van der Waals surface area contributed by atoms with E-state index < -0.39 is 0 Å². The first-order chi connectivity index (χ1) is 10.0. The van der Waals surface area contributed by atoms with Gasteiger partial charge in [-0.2, -0.15) is 5.10 Å². The molecule has 0 aliphatic heterocycles. The Bertz CT molecular complexity index is 592. The van der Waals surface area contributed by atoms with Gasteiger partial charge >= 0.3 is 0 Å². The third kappa shape index (κ3) is 3.49. The van der Waals surface area contributed by atoms with Crippen LogP contribution in [0.4, 0.5) is 0 Å². The van der Waals surface area contributed by atoms with E-state index in [1.807, 2.05) is 57.3 Å². The minimum Gasteiger partial charge on any atom is -0.349 e. The molecule has 1 aromatic carbocycles. The lowest BCUT2D eigenvalue weighted by Crippen LogP contribution is -2.39. The van der Waals surface area contributed by atoms with Crippen molar-refractivity contribution >= 4 is 5.91 Å². The largest absolute Gasteiger partial charge is 0.349 e. The Morgan fingerprint density at radius 2 is 1.95 bits per heavy atom. The number of para-hydroxylation sites is 1. The highest BCUT2D eigenvalue weighted by molar-refractivity contribution is 5.79. The van der Waals surface area contributed by atoms with Crippen molar-refractivity contribution in [3.05, 3.63) is 48.3 Å². The quantitative estimate of drug-likeness (QED) is 0.883. The highest BCUT2D eigenvalue weighted by Gasteiger charge is 2.20. The summed E-state index contributed by atoms with van der Waals surface area (Å²) in [6.07, 6.45) is 3.62. The van der Waals surface area contributed by atoms with E-state index in [4.69, 9.17) is 5.73 Å². The van der Waals surface area contributed by atoms with Crippen LogP contribution in [0.2, 0.25) is 0 Å². The molecule has 3 N–H and O–H groups in total. The Kier molecular flexibility index (Phi) is 4.75. The number of carbonyl (C=O) groups excluding carboxylic acids is 1. The van der Waals surface area contributed by atoms with Gasteiger partial charge in [-0.1, -0.05) is 25.1 Å². The maximum Gasteiger partial charge on any atom is 0.224 e. The number of hydrogen-bond donors (Lipinski definition) is 2. The van der Waals surface area contributed by atoms with Crippen LogP contribution in [-0.2, 0) is 4.79 Å². The van der Waals surface area contributed by atoms with Gasteiger partial charge in [0.25, 0.3) is 0 Å². The van der Waals surface area contributed by atoms with Gasteiger partial charge in [-0.3, -0.25) is 4.79 Å². The molecule has 3 unspecified atom stereocenters. The summed E-state index contributed by atoms with van der Waals surface area (Å²) in [6, 6.07) is 9.49. The molecule has 1 heterocycles. The Labute approximate surface area is 125 Å². The number of amides is 1. The highest BCUT2D eigenvalue weighted by Crippen LogP contribution is 2.21. The van der Waals surface area contributed by atoms with Crippen molar-refractivity contribution in [2.24, 2.45) is 11.7 Å². The Morgan fingerprint density at radius 3 is 2.57 bits per heavy atom. The van der Waals surface area contributed by atoms with E-state index in [2.05, 4.69) is 10.4 Å². The number of aromatic nitrogens is 2. The van der Waals surface area contributed by atoms with Crippen LogP contribution in [0.3, 0.4) is 0 Å². The minimum atomic E-state index is -0.218. The van der Waals surface area contributed by atoms with E-state index in [0.717, 1.165) is 11.3 Å². The van der Waals surface area contributed by atoms with Gasteiger partial charge in [0.2, 0.25) is 5.91 Å². The summed E-state index contributed by atoms with van der Waals surface area (Å²) in [4.78, 5) is 12.2. The van der Waals surface area contributed by atoms with Crippen LogP contribution in [0, 0.1) is 5.92 Å². The van der Waals surface area contributed by atoms with Crippen LogP contribution in [0.5, 0.6) is 0 Å². The van der Waals surface area contributed by atoms with Crippen molar-refractivity contribution in [3.63, 3.8) is 0 Å². The lowest BCUT2D eigenvalue weighted by molar-refractivity contribution is -0.125. The first-order valence-corrected chi connectivity index (χ1v) is 7.15. The Hall–Kier alpha value is -2.14. The number of nitrogens with one attached hydrogen (secondary N) is 1. The zero-order valence-corrected chi connectivity index (χ0v) is 12.7. The van der Waals surface area contributed by atoms with Crippen LogP contribution in [0.1, 0.15) is 32.4 Å². The van der Waals surface area contributed by atoms with Crippen molar-refractivity contribution in [3.8, 4) is 5.69 Å². The first kappa shape index (κ1) is 15.3. The summed E-state index contributed by atoms with van der Waals surface area (Å²) in [5, 5.41) is 7.28. The van der Waals surface area contributed by atoms with E-state index in [0.29, 0.717) is 0 Å². The van der Waals surface area contributed by atoms with E-state index in [9.17, 15) is 4.79 Å². The Morgan fingerprint density at radius 1 is 1.24 bits per heavy atom. The summed E-state index contributed by atoms with van der Waals surface area (Å²) in [7, 11) is 0. The minimum absolute atomic E-state index is 0.0345. The molecular formula is C16H22N4O. The fraction of sp³-hybridized carbons (Fsp3) is 0.375. The monoisotopic (exact) mass is 286 g/mol. The van der Waals surface area contributed by atoms with Gasteiger partial charge in [0.15, 0.2) is 0 Å². The molecule has 112 valence electrons. The van der Waals surface area contributed by atoms with Crippen LogP contribution in [0.15, 0.2) is 42.7 Å². The summed E-state index contributed by atoms with van der Waals surface area (Å²) >= 11 is 0. The molecule has 3 atom stereocenters. The number of nitrogens with zero attached hydrogens (tertiary/aromatic N) is 2. The number of nitrogens with two attached hydrogens (primary N) is 1. The number of rotatable bonds is 5. The zero-order chi connectivity index (χ0) is 15.4. The third-order valence-corrected chi connectivity index (χ3v) is 3.72. The van der Waals surface area contributed by atoms with E-state index >= 15 is 0 Å². The van der Waals surface area contributed by atoms with Gasteiger partial charge in [-0.05, 0) is 31.5 Å². The van der Waals surface area contributed by atoms with Crippen molar-refractivity contribution in [2.75, 3.05) is 0 Å². The number of carbonyl (C=O) groups is 1. The molecule has 1 aromatic heterocycles. The fourth-order valence-corrected chi connectivity index (χ4v) is 2.14. The van der Waals surface area contributed by atoms with Gasteiger partial charge in [0.1, 0.15) is 0 Å². The molecule has 0 fully saturated rings. The first-order valence-electron chi connectivity index (χ1n) is 7.15. The van der Waals surface area contributed by atoms with Crippen LogP contribution in [0.25, 0.3) is 5.69 Å². The molecule has 21 heavy (non-hydrogen) atoms. The maximum absolute atomic E-state index is 12.2. The molecule has 0 aliphatic rings. The topological polar surface area (TPSA) is 72.9 Å². The van der Waals surface area contributed by atoms with Gasteiger partial charge in [-0.15, -0.1) is 0 Å². The molecular weight excluding hydrogens is 264 g/mol. The molecule has 0 spiro atoms. The summed E-state index contributed by atoms with van der Waals surface area (Å²) in [5.41, 5.74) is 7.77. The van der Waals surface area contributed by atoms with E-state index in [-0.39, 0.29) is 23.9 Å². The summed E-state index contributed by atoms with van der Waals surface area (Å²) in [6.45, 7) is 5.65. The predicted molar refractivity (Wildman–Crippen MR) is 82.9 cm³/mol. The van der Waals surface area contributed by atoms with Gasteiger partial charge in [0.05, 0.1) is 11.7 Å². The summed E-state index contributed by atoms with van der Waals surface area (Å²) in [5.74, 6) is -0.253. The molecule has 2 aromatic rings. The normalized spacial score (nSPS) is 15.2. The fourth-order valence-electron chi connectivity index (χ4n) is 2.14. The highest BCUT2D eigenvalue weighted by atomic mass is 16.1. The molecule has 0 aliphatic carbocycles. The van der Waals surface area contributed by atoms with Gasteiger partial charge in [-0.25, -0.2) is 4.68 Å². The van der Waals surface area contributed by atoms with Crippen molar-refractivity contribution in [2.45, 2.75) is 32.9 Å². The third-order valence-electron chi connectivity index (χ3n) is 3.72. The smallest absolute Gasteiger partial charge is 0.224 e.